The van der Waals surface area contributed by atoms with Crippen LogP contribution >= 0.6 is 0 Å². The molecular formula is C13H25N3O2. The first-order valence-electron chi connectivity index (χ1n) is 6.91. The van der Waals surface area contributed by atoms with Gasteiger partial charge in [-0.25, -0.2) is 0 Å². The van der Waals surface area contributed by atoms with Crippen molar-refractivity contribution >= 4 is 11.7 Å². The molecule has 0 unspecified atom stereocenters. The SMILES string of the molecule is CCCCC1CCC(C(=O)NC/C(N)=N/O)CC1. The van der Waals surface area contributed by atoms with Gasteiger partial charge < -0.3 is 16.3 Å². The molecule has 0 aromatic heterocycles. The number of unbranched alkanes of at least 4 members (excludes halogenated alkanes) is 1. The van der Waals surface area contributed by atoms with Gasteiger partial charge in [0, 0.05) is 5.92 Å². The Hall–Kier alpha value is -1.26. The highest BCUT2D eigenvalue weighted by Gasteiger charge is 2.25. The predicted molar refractivity (Wildman–Crippen MR) is 71.4 cm³/mol. The lowest BCUT2D eigenvalue weighted by Crippen LogP contribution is -2.38. The second kappa shape index (κ2) is 7.95. The van der Waals surface area contributed by atoms with Crippen LogP contribution in [-0.4, -0.2) is 23.5 Å². The standard InChI is InChI=1S/C13H25N3O2/c1-2-3-4-10-5-7-11(8-6-10)13(17)15-9-12(14)16-18/h10-11,18H,2-9H2,1H3,(H2,14,16)(H,15,17). The van der Waals surface area contributed by atoms with Crippen LogP contribution in [0.2, 0.25) is 0 Å². The molecule has 4 N–H and O–H groups in total. The second-order valence-electron chi connectivity index (χ2n) is 5.17. The van der Waals surface area contributed by atoms with Crippen LogP contribution in [0, 0.1) is 11.8 Å². The van der Waals surface area contributed by atoms with Crippen molar-refractivity contribution in [1.29, 1.82) is 0 Å². The Balaban J connectivity index is 2.23. The summed E-state index contributed by atoms with van der Waals surface area (Å²) in [6.45, 7) is 2.34. The van der Waals surface area contributed by atoms with Gasteiger partial charge in [-0.2, -0.15) is 0 Å². The predicted octanol–water partition coefficient (Wildman–Crippen LogP) is 1.85. The number of rotatable bonds is 6. The van der Waals surface area contributed by atoms with Gasteiger partial charge >= 0.3 is 0 Å². The first-order valence-corrected chi connectivity index (χ1v) is 6.91. The third-order valence-electron chi connectivity index (χ3n) is 3.76. The summed E-state index contributed by atoms with van der Waals surface area (Å²) in [6.07, 6.45) is 8.09. The van der Waals surface area contributed by atoms with E-state index < -0.39 is 0 Å². The molecule has 104 valence electrons. The molecule has 5 nitrogen and oxygen atoms in total. The molecule has 1 saturated carbocycles. The van der Waals surface area contributed by atoms with Crippen molar-refractivity contribution < 1.29 is 10.0 Å². The van der Waals surface area contributed by atoms with Crippen LogP contribution < -0.4 is 11.1 Å². The molecule has 5 heteroatoms. The molecule has 0 aliphatic heterocycles. The molecule has 1 aliphatic carbocycles. The van der Waals surface area contributed by atoms with Gasteiger partial charge in [-0.3, -0.25) is 4.79 Å². The number of hydrogen-bond acceptors (Lipinski definition) is 3. The van der Waals surface area contributed by atoms with Crippen LogP contribution in [0.5, 0.6) is 0 Å². The minimum atomic E-state index is 0.0375. The molecule has 0 spiro atoms. The number of nitrogens with one attached hydrogen (secondary N) is 1. The second-order valence-corrected chi connectivity index (χ2v) is 5.17. The smallest absolute Gasteiger partial charge is 0.223 e. The third-order valence-corrected chi connectivity index (χ3v) is 3.76. The van der Waals surface area contributed by atoms with Crippen molar-refractivity contribution in [1.82, 2.24) is 5.32 Å². The molecule has 1 rings (SSSR count). The van der Waals surface area contributed by atoms with Crippen molar-refractivity contribution in [3.8, 4) is 0 Å². The number of carbonyl (C=O) groups excluding carboxylic acids is 1. The van der Waals surface area contributed by atoms with Gasteiger partial charge in [-0.1, -0.05) is 31.3 Å². The fourth-order valence-corrected chi connectivity index (χ4v) is 2.56. The summed E-state index contributed by atoms with van der Waals surface area (Å²) < 4.78 is 0. The molecular weight excluding hydrogens is 230 g/mol. The summed E-state index contributed by atoms with van der Waals surface area (Å²) >= 11 is 0. The van der Waals surface area contributed by atoms with Crippen LogP contribution in [0.3, 0.4) is 0 Å². The summed E-state index contributed by atoms with van der Waals surface area (Å²) in [5.41, 5.74) is 5.31. The van der Waals surface area contributed by atoms with Crippen LogP contribution in [-0.2, 0) is 4.79 Å². The molecule has 0 aromatic rings. The third kappa shape index (κ3) is 4.94. The van der Waals surface area contributed by atoms with Gasteiger partial charge in [0.15, 0.2) is 5.84 Å². The Kier molecular flexibility index (Phi) is 6.54. The van der Waals surface area contributed by atoms with E-state index in [9.17, 15) is 4.79 Å². The van der Waals surface area contributed by atoms with Gasteiger partial charge in [0.25, 0.3) is 0 Å². The van der Waals surface area contributed by atoms with Gasteiger partial charge in [-0.15, -0.1) is 0 Å². The zero-order valence-electron chi connectivity index (χ0n) is 11.2. The molecule has 0 radical (unpaired) electrons. The zero-order valence-corrected chi connectivity index (χ0v) is 11.2. The number of amidine groups is 1. The molecule has 1 aliphatic rings. The molecule has 1 fully saturated rings. The van der Waals surface area contributed by atoms with Crippen molar-refractivity contribution in [3.05, 3.63) is 0 Å². The largest absolute Gasteiger partial charge is 0.409 e. The maximum atomic E-state index is 11.8. The highest BCUT2D eigenvalue weighted by atomic mass is 16.4. The number of oxime groups is 1. The Morgan fingerprint density at radius 3 is 2.61 bits per heavy atom. The Morgan fingerprint density at radius 1 is 1.39 bits per heavy atom. The lowest BCUT2D eigenvalue weighted by Gasteiger charge is -2.27. The van der Waals surface area contributed by atoms with Gasteiger partial charge in [0.2, 0.25) is 5.91 Å². The maximum absolute atomic E-state index is 11.8. The average Bonchev–Trinajstić information content (AvgIpc) is 2.42. The number of amides is 1. The van der Waals surface area contributed by atoms with E-state index >= 15 is 0 Å². The first kappa shape index (κ1) is 14.8. The monoisotopic (exact) mass is 255 g/mol. The minimum absolute atomic E-state index is 0.0375. The van der Waals surface area contributed by atoms with Gasteiger partial charge in [0.1, 0.15) is 0 Å². The molecule has 0 atom stereocenters. The van der Waals surface area contributed by atoms with Crippen LogP contribution in [0.15, 0.2) is 5.16 Å². The normalized spacial score (nSPS) is 24.8. The Morgan fingerprint density at radius 2 is 2.06 bits per heavy atom. The molecule has 0 heterocycles. The van der Waals surface area contributed by atoms with Crippen molar-refractivity contribution in [3.63, 3.8) is 0 Å². The summed E-state index contributed by atoms with van der Waals surface area (Å²) in [7, 11) is 0. The quantitative estimate of drug-likeness (QED) is 0.293. The zero-order chi connectivity index (χ0) is 13.4. The topological polar surface area (TPSA) is 87.7 Å². The number of hydrogen-bond donors (Lipinski definition) is 3. The van der Waals surface area contributed by atoms with E-state index in [1.54, 1.807) is 0 Å². The first-order chi connectivity index (χ1) is 8.67. The molecule has 0 bridgehead atoms. The summed E-state index contributed by atoms with van der Waals surface area (Å²) in [6, 6.07) is 0. The van der Waals surface area contributed by atoms with E-state index in [1.807, 2.05) is 0 Å². The van der Waals surface area contributed by atoms with Crippen LogP contribution in [0.1, 0.15) is 51.9 Å². The lowest BCUT2D eigenvalue weighted by atomic mass is 9.79. The number of carbonyl (C=O) groups is 1. The Bertz CT molecular complexity index is 284. The van der Waals surface area contributed by atoms with Crippen molar-refractivity contribution in [2.45, 2.75) is 51.9 Å². The number of nitrogens with two attached hydrogens (primary N) is 1. The summed E-state index contributed by atoms with van der Waals surface area (Å²) in [4.78, 5) is 11.8. The summed E-state index contributed by atoms with van der Waals surface area (Å²) in [5.74, 6) is 0.989. The molecule has 18 heavy (non-hydrogen) atoms. The lowest BCUT2D eigenvalue weighted by molar-refractivity contribution is -0.125. The van der Waals surface area contributed by atoms with Crippen molar-refractivity contribution in [2.24, 2.45) is 22.7 Å². The highest BCUT2D eigenvalue weighted by molar-refractivity contribution is 5.87. The highest BCUT2D eigenvalue weighted by Crippen LogP contribution is 2.31. The summed E-state index contributed by atoms with van der Waals surface area (Å²) in [5, 5.41) is 13.9. The van der Waals surface area contributed by atoms with Gasteiger partial charge in [-0.05, 0) is 31.6 Å². The number of nitrogens with zero attached hydrogens (tertiary/aromatic N) is 1. The van der Waals surface area contributed by atoms with E-state index in [0.717, 1.165) is 31.6 Å². The molecule has 1 amide bonds. The maximum Gasteiger partial charge on any atom is 0.223 e. The van der Waals surface area contributed by atoms with E-state index in [0.29, 0.717) is 0 Å². The van der Waals surface area contributed by atoms with Gasteiger partial charge in [0.05, 0.1) is 6.54 Å². The fourth-order valence-electron chi connectivity index (χ4n) is 2.56. The molecule has 0 saturated heterocycles. The van der Waals surface area contributed by atoms with E-state index in [4.69, 9.17) is 10.9 Å². The van der Waals surface area contributed by atoms with E-state index in [-0.39, 0.29) is 24.2 Å². The average molecular weight is 255 g/mol. The van der Waals surface area contributed by atoms with Crippen LogP contribution in [0.4, 0.5) is 0 Å². The van der Waals surface area contributed by atoms with E-state index in [1.165, 1.54) is 19.3 Å². The molecule has 0 aromatic carbocycles. The Labute approximate surface area is 109 Å². The van der Waals surface area contributed by atoms with E-state index in [2.05, 4.69) is 17.4 Å². The minimum Gasteiger partial charge on any atom is -0.409 e. The van der Waals surface area contributed by atoms with Crippen molar-refractivity contribution in [2.75, 3.05) is 6.54 Å². The fraction of sp³-hybridized carbons (Fsp3) is 0.846. The van der Waals surface area contributed by atoms with Crippen LogP contribution in [0.25, 0.3) is 0 Å².